The molecule has 0 saturated carbocycles. The van der Waals surface area contributed by atoms with E-state index in [-0.39, 0.29) is 11.4 Å². The quantitative estimate of drug-likeness (QED) is 0.472. The van der Waals surface area contributed by atoms with Gasteiger partial charge in [-0.15, -0.1) is 0 Å². The summed E-state index contributed by atoms with van der Waals surface area (Å²) in [7, 11) is 0. The zero-order valence-corrected chi connectivity index (χ0v) is 23.0. The van der Waals surface area contributed by atoms with Crippen LogP contribution < -0.4 is 9.47 Å². The molecule has 2 fully saturated rings. The Balaban J connectivity index is 1.23. The molecule has 9 heteroatoms. The lowest BCUT2D eigenvalue weighted by Crippen LogP contribution is -2.61. The minimum atomic E-state index is -0.689. The fourth-order valence-corrected chi connectivity index (χ4v) is 6.07. The smallest absolute Gasteiger partial charge is 0.309 e. The summed E-state index contributed by atoms with van der Waals surface area (Å²) in [6.07, 6.45) is 2.66. The van der Waals surface area contributed by atoms with Gasteiger partial charge in [-0.25, -0.2) is 4.39 Å². The van der Waals surface area contributed by atoms with E-state index in [1.807, 2.05) is 32.9 Å². The maximum Gasteiger partial charge on any atom is 0.309 e. The van der Waals surface area contributed by atoms with Crippen LogP contribution in [0.5, 0.6) is 11.5 Å². The number of carbonyl (C=O) groups is 1. The summed E-state index contributed by atoms with van der Waals surface area (Å²) >= 11 is 0. The van der Waals surface area contributed by atoms with Crippen molar-refractivity contribution in [2.75, 3.05) is 39.4 Å². The third-order valence-corrected chi connectivity index (χ3v) is 8.33. The Bertz CT molecular complexity index is 1190. The summed E-state index contributed by atoms with van der Waals surface area (Å²) in [4.78, 5) is 22.3. The van der Waals surface area contributed by atoms with Gasteiger partial charge in [0.05, 0.1) is 30.6 Å². The number of oxime groups is 1. The number of likely N-dealkylation sites (tertiary alicyclic amines) is 2. The minimum Gasteiger partial charge on any atom is -0.493 e. The van der Waals surface area contributed by atoms with Gasteiger partial charge in [-0.2, -0.15) is 0 Å². The zero-order chi connectivity index (χ0) is 27.6. The third kappa shape index (κ3) is 5.41. The van der Waals surface area contributed by atoms with Crippen molar-refractivity contribution < 1.29 is 28.6 Å². The molecule has 5 rings (SSSR count). The first-order chi connectivity index (χ1) is 18.8. The second-order valence-corrected chi connectivity index (χ2v) is 10.9. The van der Waals surface area contributed by atoms with Crippen molar-refractivity contribution in [2.24, 2.45) is 10.6 Å². The summed E-state index contributed by atoms with van der Waals surface area (Å²) < 4.78 is 25.6. The Morgan fingerprint density at radius 1 is 1.05 bits per heavy atom. The van der Waals surface area contributed by atoms with Crippen molar-refractivity contribution >= 4 is 11.8 Å². The van der Waals surface area contributed by atoms with Gasteiger partial charge in [0.2, 0.25) is 0 Å². The Morgan fingerprint density at radius 3 is 2.21 bits per heavy atom. The molecule has 210 valence electrons. The normalized spacial score (nSPS) is 19.8. The number of benzene rings is 2. The van der Waals surface area contributed by atoms with Gasteiger partial charge < -0.3 is 24.3 Å². The maximum absolute atomic E-state index is 13.6. The number of carboxylic acids is 1. The number of rotatable bonds is 9. The SMILES string of the molecule is CCOc1cc(CN2CC3(CC(N4CCC(CC)(C(=O)O)CC4)=NO3)C2)cc(OCC)c1-c1ccc(F)cc1. The van der Waals surface area contributed by atoms with Gasteiger partial charge >= 0.3 is 5.97 Å². The molecule has 1 N–H and O–H groups in total. The molecule has 0 bridgehead atoms. The minimum absolute atomic E-state index is 0.283. The summed E-state index contributed by atoms with van der Waals surface area (Å²) in [6, 6.07) is 10.5. The van der Waals surface area contributed by atoms with Crippen molar-refractivity contribution in [1.29, 1.82) is 0 Å². The number of nitrogens with zero attached hydrogens (tertiary/aromatic N) is 3. The van der Waals surface area contributed by atoms with Crippen LogP contribution in [0.1, 0.15) is 52.0 Å². The highest BCUT2D eigenvalue weighted by atomic mass is 19.1. The van der Waals surface area contributed by atoms with Crippen molar-refractivity contribution in [1.82, 2.24) is 9.80 Å². The number of ether oxygens (including phenoxy) is 2. The maximum atomic E-state index is 13.6. The molecule has 3 aliphatic rings. The van der Waals surface area contributed by atoms with Crippen LogP contribution in [0.3, 0.4) is 0 Å². The molecule has 1 spiro atoms. The topological polar surface area (TPSA) is 83.8 Å². The van der Waals surface area contributed by atoms with Crippen LogP contribution in [0.25, 0.3) is 11.1 Å². The number of halogens is 1. The van der Waals surface area contributed by atoms with E-state index in [0.717, 1.165) is 53.5 Å². The van der Waals surface area contributed by atoms with Crippen LogP contribution in [0, 0.1) is 11.2 Å². The van der Waals surface area contributed by atoms with Gasteiger partial charge in [0.1, 0.15) is 23.2 Å². The summed E-state index contributed by atoms with van der Waals surface area (Å²) in [5.41, 5.74) is 1.81. The predicted octanol–water partition coefficient (Wildman–Crippen LogP) is 5.16. The van der Waals surface area contributed by atoms with E-state index in [0.29, 0.717) is 52.1 Å². The summed E-state index contributed by atoms with van der Waals surface area (Å²) in [6.45, 7) is 10.5. The van der Waals surface area contributed by atoms with Gasteiger partial charge in [0, 0.05) is 32.7 Å². The van der Waals surface area contributed by atoms with Gasteiger partial charge in [-0.1, -0.05) is 24.2 Å². The number of piperidine rings is 1. The average Bonchev–Trinajstić information content (AvgIpc) is 3.35. The second-order valence-electron chi connectivity index (χ2n) is 10.9. The highest BCUT2D eigenvalue weighted by Gasteiger charge is 2.51. The van der Waals surface area contributed by atoms with Gasteiger partial charge in [0.25, 0.3) is 0 Å². The molecule has 0 aromatic heterocycles. The number of amidine groups is 1. The molecule has 0 radical (unpaired) electrons. The van der Waals surface area contributed by atoms with Crippen LogP contribution in [-0.2, 0) is 16.2 Å². The summed E-state index contributed by atoms with van der Waals surface area (Å²) in [5.74, 6) is 1.40. The van der Waals surface area contributed by atoms with E-state index in [2.05, 4.69) is 15.0 Å². The van der Waals surface area contributed by atoms with E-state index < -0.39 is 11.4 Å². The lowest BCUT2D eigenvalue weighted by Gasteiger charge is -2.46. The van der Waals surface area contributed by atoms with Gasteiger partial charge in [-0.05, 0) is 68.5 Å². The van der Waals surface area contributed by atoms with Crippen molar-refractivity contribution in [3.05, 3.63) is 47.8 Å². The molecule has 0 atom stereocenters. The van der Waals surface area contributed by atoms with Gasteiger partial charge in [0.15, 0.2) is 5.60 Å². The molecule has 2 saturated heterocycles. The van der Waals surface area contributed by atoms with E-state index in [4.69, 9.17) is 14.3 Å². The van der Waals surface area contributed by atoms with Crippen LogP contribution in [0.4, 0.5) is 4.39 Å². The molecule has 39 heavy (non-hydrogen) atoms. The highest BCUT2D eigenvalue weighted by Crippen LogP contribution is 2.42. The van der Waals surface area contributed by atoms with Crippen molar-refractivity contribution in [2.45, 2.75) is 58.6 Å². The number of hydrogen-bond acceptors (Lipinski definition) is 7. The Labute approximate surface area is 229 Å². The Hall–Kier alpha value is -3.33. The first-order valence-corrected chi connectivity index (χ1v) is 13.9. The molecule has 2 aromatic rings. The van der Waals surface area contributed by atoms with Crippen molar-refractivity contribution in [3.8, 4) is 22.6 Å². The molecule has 0 unspecified atom stereocenters. The second kappa shape index (κ2) is 11.0. The Kier molecular flexibility index (Phi) is 7.71. The largest absolute Gasteiger partial charge is 0.493 e. The third-order valence-electron chi connectivity index (χ3n) is 8.33. The number of hydrogen-bond donors (Lipinski definition) is 1. The van der Waals surface area contributed by atoms with Gasteiger partial charge in [-0.3, -0.25) is 9.69 Å². The molecule has 8 nitrogen and oxygen atoms in total. The van der Waals surface area contributed by atoms with Crippen LogP contribution in [-0.4, -0.2) is 71.7 Å². The molecular weight excluding hydrogens is 501 g/mol. The Morgan fingerprint density at radius 2 is 1.67 bits per heavy atom. The van der Waals surface area contributed by atoms with E-state index in [1.165, 1.54) is 12.1 Å². The molecular formula is C30H38FN3O5. The first-order valence-electron chi connectivity index (χ1n) is 13.9. The standard InChI is InChI=1S/C30H38FN3O5/c1-4-29(28(35)36)11-13-34(14-12-29)26-17-30(39-32-26)19-33(20-30)18-21-15-24(37-5-2)27(25(16-21)38-6-3)22-7-9-23(31)10-8-22/h7-10,15-16H,4-6,11-14,17-20H2,1-3H3,(H,35,36). The van der Waals surface area contributed by atoms with E-state index >= 15 is 0 Å². The summed E-state index contributed by atoms with van der Waals surface area (Å²) in [5, 5.41) is 14.1. The molecule has 0 aliphatic carbocycles. The van der Waals surface area contributed by atoms with Crippen LogP contribution >= 0.6 is 0 Å². The fraction of sp³-hybridized carbons (Fsp3) is 0.533. The molecule has 2 aromatic carbocycles. The first kappa shape index (κ1) is 27.2. The monoisotopic (exact) mass is 539 g/mol. The van der Waals surface area contributed by atoms with Crippen molar-refractivity contribution in [3.63, 3.8) is 0 Å². The number of aliphatic carboxylic acids is 1. The van der Waals surface area contributed by atoms with Crippen LogP contribution in [0.2, 0.25) is 0 Å². The van der Waals surface area contributed by atoms with Crippen LogP contribution in [0.15, 0.2) is 41.6 Å². The molecule has 0 amide bonds. The highest BCUT2D eigenvalue weighted by molar-refractivity contribution is 5.85. The predicted molar refractivity (Wildman–Crippen MR) is 146 cm³/mol. The molecule has 3 aliphatic heterocycles. The lowest BCUT2D eigenvalue weighted by molar-refractivity contribution is -0.151. The fourth-order valence-electron chi connectivity index (χ4n) is 6.07. The lowest BCUT2D eigenvalue weighted by atomic mass is 9.76. The zero-order valence-electron chi connectivity index (χ0n) is 23.0. The van der Waals surface area contributed by atoms with E-state index in [9.17, 15) is 14.3 Å². The van der Waals surface area contributed by atoms with E-state index in [1.54, 1.807) is 12.1 Å². The average molecular weight is 540 g/mol. The number of carboxylic acid groups (broad SMARTS) is 1. The molecule has 3 heterocycles.